The minimum absolute atomic E-state index is 0. The predicted octanol–water partition coefficient (Wildman–Crippen LogP) is 1.44. The number of halogens is 1. The van der Waals surface area contributed by atoms with Crippen molar-refractivity contribution < 1.29 is 14.3 Å². The molecule has 2 heterocycles. The van der Waals surface area contributed by atoms with Crippen LogP contribution >= 0.6 is 12.4 Å². The molecule has 3 atom stereocenters. The highest BCUT2D eigenvalue weighted by atomic mass is 35.5. The van der Waals surface area contributed by atoms with E-state index in [1.807, 2.05) is 23.1 Å². The zero-order valence-corrected chi connectivity index (χ0v) is 16.2. The number of nitrogens with one attached hydrogen (secondary N) is 1. The van der Waals surface area contributed by atoms with Crippen molar-refractivity contribution in [3.8, 4) is 0 Å². The van der Waals surface area contributed by atoms with E-state index in [4.69, 9.17) is 10.5 Å². The number of carbonyl (C=O) groups excluding carboxylic acids is 2. The normalized spacial score (nSPS) is 29.1. The second kappa shape index (κ2) is 8.17. The van der Waals surface area contributed by atoms with E-state index < -0.39 is 5.41 Å². The molecule has 27 heavy (non-hydrogen) atoms. The van der Waals surface area contributed by atoms with Crippen LogP contribution in [0.5, 0.6) is 0 Å². The van der Waals surface area contributed by atoms with Gasteiger partial charge in [-0.15, -0.1) is 12.4 Å². The van der Waals surface area contributed by atoms with Gasteiger partial charge in [-0.25, -0.2) is 0 Å². The average molecular weight is 394 g/mol. The molecule has 0 bridgehead atoms. The summed E-state index contributed by atoms with van der Waals surface area (Å²) in [7, 11) is 0. The summed E-state index contributed by atoms with van der Waals surface area (Å²) in [5.41, 5.74) is 6.67. The van der Waals surface area contributed by atoms with Gasteiger partial charge < -0.3 is 20.7 Å². The number of amides is 2. The fourth-order valence-electron chi connectivity index (χ4n) is 4.36. The zero-order valence-electron chi connectivity index (χ0n) is 15.4. The molecular formula is C20H28ClN3O3. The first-order chi connectivity index (χ1) is 12.6. The van der Waals surface area contributed by atoms with E-state index in [-0.39, 0.29) is 36.3 Å². The monoisotopic (exact) mass is 393 g/mol. The minimum Gasteiger partial charge on any atom is -0.381 e. The van der Waals surface area contributed by atoms with Crippen LogP contribution in [0.4, 0.5) is 0 Å². The van der Waals surface area contributed by atoms with Gasteiger partial charge in [-0.2, -0.15) is 0 Å². The molecule has 1 aromatic carbocycles. The Bertz CT molecular complexity index is 678. The molecule has 0 radical (unpaired) electrons. The summed E-state index contributed by atoms with van der Waals surface area (Å²) >= 11 is 0. The molecule has 1 saturated carbocycles. The summed E-state index contributed by atoms with van der Waals surface area (Å²) in [5, 5.41) is 3.10. The van der Waals surface area contributed by atoms with E-state index in [9.17, 15) is 9.59 Å². The van der Waals surface area contributed by atoms with Crippen LogP contribution in [0, 0.1) is 5.41 Å². The number of hydrogen-bond acceptors (Lipinski definition) is 4. The van der Waals surface area contributed by atoms with Crippen molar-refractivity contribution in [2.45, 2.75) is 43.7 Å². The molecule has 2 aliphatic heterocycles. The lowest BCUT2D eigenvalue weighted by atomic mass is 9.79. The topological polar surface area (TPSA) is 84.7 Å². The summed E-state index contributed by atoms with van der Waals surface area (Å²) in [6.45, 7) is 2.07. The Hall–Kier alpha value is -1.63. The number of rotatable bonds is 5. The van der Waals surface area contributed by atoms with Crippen LogP contribution in [-0.2, 0) is 14.3 Å². The van der Waals surface area contributed by atoms with E-state index in [2.05, 4.69) is 17.4 Å². The Morgan fingerprint density at radius 3 is 2.63 bits per heavy atom. The van der Waals surface area contributed by atoms with Gasteiger partial charge in [-0.3, -0.25) is 9.59 Å². The van der Waals surface area contributed by atoms with Gasteiger partial charge in [0.25, 0.3) is 0 Å². The maximum absolute atomic E-state index is 12.8. The van der Waals surface area contributed by atoms with Gasteiger partial charge in [0.1, 0.15) is 0 Å². The Morgan fingerprint density at radius 2 is 1.96 bits per heavy atom. The lowest BCUT2D eigenvalue weighted by Crippen LogP contribution is -2.52. The Balaban J connectivity index is 0.00000210. The smallest absolute Gasteiger partial charge is 0.227 e. The third-order valence-electron chi connectivity index (χ3n) is 6.20. The lowest BCUT2D eigenvalue weighted by molar-refractivity contribution is -0.136. The van der Waals surface area contributed by atoms with E-state index >= 15 is 0 Å². The molecule has 7 heteroatoms. The van der Waals surface area contributed by atoms with Crippen LogP contribution in [0.25, 0.3) is 0 Å². The SMILES string of the molecule is Cl.NCC1(C(=O)NC2CC(=O)N(C3CC3c3ccccc3)C2)CCOCC1. The lowest BCUT2D eigenvalue weighted by Gasteiger charge is -2.35. The summed E-state index contributed by atoms with van der Waals surface area (Å²) in [4.78, 5) is 27.3. The van der Waals surface area contributed by atoms with Crippen molar-refractivity contribution in [3.05, 3.63) is 35.9 Å². The fourth-order valence-corrected chi connectivity index (χ4v) is 4.36. The highest BCUT2D eigenvalue weighted by molar-refractivity contribution is 5.86. The summed E-state index contributed by atoms with van der Waals surface area (Å²) in [6, 6.07) is 10.5. The molecule has 3 aliphatic rings. The molecule has 148 valence electrons. The van der Waals surface area contributed by atoms with Crippen molar-refractivity contribution in [2.75, 3.05) is 26.3 Å². The molecule has 2 amide bonds. The van der Waals surface area contributed by atoms with Gasteiger partial charge in [0.2, 0.25) is 11.8 Å². The molecular weight excluding hydrogens is 366 g/mol. The van der Waals surface area contributed by atoms with E-state index in [0.29, 0.717) is 51.5 Å². The number of nitrogens with zero attached hydrogens (tertiary/aromatic N) is 1. The van der Waals surface area contributed by atoms with Crippen LogP contribution in [0.15, 0.2) is 30.3 Å². The van der Waals surface area contributed by atoms with Gasteiger partial charge in [0.15, 0.2) is 0 Å². The maximum atomic E-state index is 12.8. The molecule has 0 spiro atoms. The fraction of sp³-hybridized carbons (Fsp3) is 0.600. The number of likely N-dealkylation sites (tertiary alicyclic amines) is 1. The number of hydrogen-bond donors (Lipinski definition) is 2. The zero-order chi connectivity index (χ0) is 18.1. The number of carbonyl (C=O) groups is 2. The van der Waals surface area contributed by atoms with E-state index in [1.54, 1.807) is 0 Å². The van der Waals surface area contributed by atoms with Crippen molar-refractivity contribution in [2.24, 2.45) is 11.1 Å². The molecule has 3 N–H and O–H groups in total. The second-order valence-electron chi connectivity index (χ2n) is 7.84. The van der Waals surface area contributed by atoms with Crippen LogP contribution < -0.4 is 11.1 Å². The Kier molecular flexibility index (Phi) is 6.08. The summed E-state index contributed by atoms with van der Waals surface area (Å²) < 4.78 is 5.38. The number of benzene rings is 1. The molecule has 2 saturated heterocycles. The van der Waals surface area contributed by atoms with Crippen LogP contribution in [0.1, 0.15) is 37.2 Å². The van der Waals surface area contributed by atoms with Gasteiger partial charge in [0.05, 0.1) is 11.5 Å². The number of nitrogens with two attached hydrogens (primary N) is 1. The highest BCUT2D eigenvalue weighted by Crippen LogP contribution is 2.46. The van der Waals surface area contributed by atoms with Crippen molar-refractivity contribution >= 4 is 24.2 Å². The maximum Gasteiger partial charge on any atom is 0.227 e. The predicted molar refractivity (Wildman–Crippen MR) is 105 cm³/mol. The van der Waals surface area contributed by atoms with Crippen LogP contribution in [0.3, 0.4) is 0 Å². The number of ether oxygens (including phenoxy) is 1. The molecule has 3 unspecified atom stereocenters. The average Bonchev–Trinajstić information content (AvgIpc) is 3.39. The van der Waals surface area contributed by atoms with Crippen molar-refractivity contribution in [3.63, 3.8) is 0 Å². The molecule has 6 nitrogen and oxygen atoms in total. The third-order valence-corrected chi connectivity index (χ3v) is 6.20. The second-order valence-corrected chi connectivity index (χ2v) is 7.84. The Morgan fingerprint density at radius 1 is 1.26 bits per heavy atom. The molecule has 0 aromatic heterocycles. The first-order valence-electron chi connectivity index (χ1n) is 9.56. The van der Waals surface area contributed by atoms with Crippen LogP contribution in [0.2, 0.25) is 0 Å². The van der Waals surface area contributed by atoms with Gasteiger partial charge in [-0.05, 0) is 24.8 Å². The van der Waals surface area contributed by atoms with E-state index in [0.717, 1.165) is 6.42 Å². The standard InChI is InChI=1S/C20H27N3O3.ClH/c21-13-20(6-8-26-9-7-20)19(25)22-15-10-18(24)23(12-15)17-11-16(17)14-4-2-1-3-5-14;/h1-5,15-17H,6-13,21H2,(H,22,25);1H. The Labute approximate surface area is 166 Å². The molecule has 3 fully saturated rings. The van der Waals surface area contributed by atoms with E-state index in [1.165, 1.54) is 5.56 Å². The molecule has 4 rings (SSSR count). The van der Waals surface area contributed by atoms with Crippen molar-refractivity contribution in [1.82, 2.24) is 10.2 Å². The summed E-state index contributed by atoms with van der Waals surface area (Å²) in [5.74, 6) is 0.561. The quantitative estimate of drug-likeness (QED) is 0.792. The van der Waals surface area contributed by atoms with Gasteiger partial charge in [-0.1, -0.05) is 30.3 Å². The highest BCUT2D eigenvalue weighted by Gasteiger charge is 2.48. The minimum atomic E-state index is -0.541. The third kappa shape index (κ3) is 3.98. The van der Waals surface area contributed by atoms with Gasteiger partial charge >= 0.3 is 0 Å². The van der Waals surface area contributed by atoms with Gasteiger partial charge in [0, 0.05) is 44.7 Å². The van der Waals surface area contributed by atoms with Crippen LogP contribution in [-0.4, -0.2) is 55.1 Å². The van der Waals surface area contributed by atoms with Crippen molar-refractivity contribution in [1.29, 1.82) is 0 Å². The molecule has 1 aliphatic carbocycles. The first kappa shape index (κ1) is 20.1. The largest absolute Gasteiger partial charge is 0.381 e. The summed E-state index contributed by atoms with van der Waals surface area (Å²) in [6.07, 6.45) is 2.71. The first-order valence-corrected chi connectivity index (χ1v) is 9.56. The molecule has 1 aromatic rings.